The summed E-state index contributed by atoms with van der Waals surface area (Å²) in [6.45, 7) is 0. The summed E-state index contributed by atoms with van der Waals surface area (Å²) in [4.78, 5) is 11.9. The minimum absolute atomic E-state index is 0.109. The number of hydrazine groups is 1. The number of amides is 1. The molecule has 0 radical (unpaired) electrons. The van der Waals surface area contributed by atoms with Gasteiger partial charge in [0.25, 0.3) is 0 Å². The lowest BCUT2D eigenvalue weighted by Gasteiger charge is -2.03. The Morgan fingerprint density at radius 2 is 2.12 bits per heavy atom. The predicted octanol–water partition coefficient (Wildman–Crippen LogP) is 2.59. The molecule has 0 saturated carbocycles. The molecule has 3 nitrogen and oxygen atoms in total. The van der Waals surface area contributed by atoms with Crippen molar-refractivity contribution in [1.82, 2.24) is 5.43 Å². The van der Waals surface area contributed by atoms with Gasteiger partial charge in [0.05, 0.1) is 5.02 Å². The third-order valence-electron chi connectivity index (χ3n) is 2.05. The van der Waals surface area contributed by atoms with E-state index < -0.39 is 0 Å². The summed E-state index contributed by atoms with van der Waals surface area (Å²) in [6, 6.07) is 7.76. The first kappa shape index (κ1) is 13.4. The molecule has 0 aliphatic carbocycles. The number of nitrogens with two attached hydrogens (primary N) is 1. The van der Waals surface area contributed by atoms with Crippen LogP contribution in [0.1, 0.15) is 19.3 Å². The lowest BCUT2D eigenvalue weighted by atomic mass is 10.2. The van der Waals surface area contributed by atoms with E-state index in [2.05, 4.69) is 5.43 Å². The standard InChI is InChI=1S/C11H15ClN2OS/c12-9-5-1-2-6-10(9)16-8-4-3-7-11(15)14-13/h1-2,5-6H,3-4,7-8,13H2,(H,14,15). The van der Waals surface area contributed by atoms with Gasteiger partial charge in [0.1, 0.15) is 0 Å². The van der Waals surface area contributed by atoms with Crippen LogP contribution in [0.5, 0.6) is 0 Å². The molecule has 0 aromatic heterocycles. The molecule has 0 spiro atoms. The zero-order chi connectivity index (χ0) is 11.8. The molecule has 0 aliphatic rings. The van der Waals surface area contributed by atoms with Crippen molar-refractivity contribution in [2.75, 3.05) is 5.75 Å². The van der Waals surface area contributed by atoms with Gasteiger partial charge in [-0.25, -0.2) is 5.84 Å². The molecule has 0 saturated heterocycles. The highest BCUT2D eigenvalue weighted by molar-refractivity contribution is 7.99. The highest BCUT2D eigenvalue weighted by Crippen LogP contribution is 2.27. The van der Waals surface area contributed by atoms with Crippen LogP contribution in [0.4, 0.5) is 0 Å². The summed E-state index contributed by atoms with van der Waals surface area (Å²) in [5.41, 5.74) is 2.12. The minimum Gasteiger partial charge on any atom is -0.294 e. The van der Waals surface area contributed by atoms with Crippen LogP contribution < -0.4 is 11.3 Å². The number of benzene rings is 1. The van der Waals surface area contributed by atoms with Crippen LogP contribution in [0.3, 0.4) is 0 Å². The Morgan fingerprint density at radius 3 is 2.81 bits per heavy atom. The van der Waals surface area contributed by atoms with E-state index >= 15 is 0 Å². The second kappa shape index (κ2) is 7.54. The van der Waals surface area contributed by atoms with E-state index in [9.17, 15) is 4.79 Å². The number of hydrogen-bond donors (Lipinski definition) is 2. The van der Waals surface area contributed by atoms with Gasteiger partial charge in [-0.15, -0.1) is 11.8 Å². The summed E-state index contributed by atoms with van der Waals surface area (Å²) in [6.07, 6.45) is 2.31. The maximum Gasteiger partial charge on any atom is 0.233 e. The molecule has 1 rings (SSSR count). The molecule has 1 aromatic rings. The number of carbonyl (C=O) groups is 1. The molecule has 0 bridgehead atoms. The Bertz CT molecular complexity index is 347. The SMILES string of the molecule is NNC(=O)CCCCSc1ccccc1Cl. The monoisotopic (exact) mass is 258 g/mol. The Morgan fingerprint density at radius 1 is 1.38 bits per heavy atom. The van der Waals surface area contributed by atoms with Crippen molar-refractivity contribution in [1.29, 1.82) is 0 Å². The lowest BCUT2D eigenvalue weighted by Crippen LogP contribution is -2.29. The molecule has 0 atom stereocenters. The Kier molecular flexibility index (Phi) is 6.30. The van der Waals surface area contributed by atoms with Crippen LogP contribution in [-0.2, 0) is 4.79 Å². The quantitative estimate of drug-likeness (QED) is 0.271. The van der Waals surface area contributed by atoms with Gasteiger partial charge in [0.15, 0.2) is 0 Å². The largest absolute Gasteiger partial charge is 0.294 e. The zero-order valence-electron chi connectivity index (χ0n) is 8.91. The van der Waals surface area contributed by atoms with E-state index in [4.69, 9.17) is 17.4 Å². The van der Waals surface area contributed by atoms with Crippen molar-refractivity contribution in [2.45, 2.75) is 24.2 Å². The molecule has 16 heavy (non-hydrogen) atoms. The highest BCUT2D eigenvalue weighted by Gasteiger charge is 2.00. The maximum atomic E-state index is 10.8. The van der Waals surface area contributed by atoms with Gasteiger partial charge >= 0.3 is 0 Å². The van der Waals surface area contributed by atoms with Gasteiger partial charge in [0.2, 0.25) is 5.91 Å². The second-order valence-corrected chi connectivity index (χ2v) is 4.85. The highest BCUT2D eigenvalue weighted by atomic mass is 35.5. The fraction of sp³-hybridized carbons (Fsp3) is 0.364. The average molecular weight is 259 g/mol. The Hall–Kier alpha value is -0.710. The van der Waals surface area contributed by atoms with Crippen LogP contribution in [0.2, 0.25) is 5.02 Å². The molecule has 0 unspecified atom stereocenters. The normalized spacial score (nSPS) is 10.1. The third-order valence-corrected chi connectivity index (χ3v) is 3.65. The van der Waals surface area contributed by atoms with E-state index in [0.29, 0.717) is 6.42 Å². The number of halogens is 1. The van der Waals surface area contributed by atoms with Gasteiger partial charge in [0, 0.05) is 11.3 Å². The number of nitrogens with one attached hydrogen (secondary N) is 1. The van der Waals surface area contributed by atoms with E-state index in [0.717, 1.165) is 28.5 Å². The van der Waals surface area contributed by atoms with E-state index in [-0.39, 0.29) is 5.91 Å². The molecule has 0 heterocycles. The lowest BCUT2D eigenvalue weighted by molar-refractivity contribution is -0.121. The summed E-state index contributed by atoms with van der Waals surface area (Å²) in [7, 11) is 0. The van der Waals surface area contributed by atoms with Crippen molar-refractivity contribution in [3.63, 3.8) is 0 Å². The molecular weight excluding hydrogens is 244 g/mol. The van der Waals surface area contributed by atoms with Crippen molar-refractivity contribution in [3.05, 3.63) is 29.3 Å². The average Bonchev–Trinajstić information content (AvgIpc) is 2.30. The molecule has 5 heteroatoms. The van der Waals surface area contributed by atoms with E-state index in [1.165, 1.54) is 0 Å². The Balaban J connectivity index is 2.17. The number of rotatable bonds is 6. The molecule has 1 amide bonds. The molecule has 0 fully saturated rings. The number of carbonyl (C=O) groups excluding carboxylic acids is 1. The van der Waals surface area contributed by atoms with Gasteiger partial charge < -0.3 is 0 Å². The van der Waals surface area contributed by atoms with Crippen LogP contribution in [0.15, 0.2) is 29.2 Å². The van der Waals surface area contributed by atoms with Crippen LogP contribution >= 0.6 is 23.4 Å². The van der Waals surface area contributed by atoms with Crippen molar-refractivity contribution < 1.29 is 4.79 Å². The van der Waals surface area contributed by atoms with Gasteiger partial charge in [-0.05, 0) is 30.7 Å². The van der Waals surface area contributed by atoms with Gasteiger partial charge in [-0.3, -0.25) is 10.2 Å². The fourth-order valence-corrected chi connectivity index (χ4v) is 2.45. The van der Waals surface area contributed by atoms with E-state index in [1.807, 2.05) is 24.3 Å². The summed E-state index contributed by atoms with van der Waals surface area (Å²) < 4.78 is 0. The fourth-order valence-electron chi connectivity index (χ4n) is 1.20. The minimum atomic E-state index is -0.109. The number of thioether (sulfide) groups is 1. The first-order chi connectivity index (χ1) is 7.74. The first-order valence-electron chi connectivity index (χ1n) is 5.11. The van der Waals surface area contributed by atoms with Crippen LogP contribution in [0, 0.1) is 0 Å². The van der Waals surface area contributed by atoms with Crippen molar-refractivity contribution in [2.24, 2.45) is 5.84 Å². The summed E-state index contributed by atoms with van der Waals surface area (Å²) >= 11 is 7.72. The second-order valence-electron chi connectivity index (χ2n) is 3.30. The predicted molar refractivity (Wildman–Crippen MR) is 68.4 cm³/mol. The topological polar surface area (TPSA) is 55.1 Å². The maximum absolute atomic E-state index is 10.8. The molecule has 88 valence electrons. The number of hydrogen-bond acceptors (Lipinski definition) is 3. The smallest absolute Gasteiger partial charge is 0.233 e. The van der Waals surface area contributed by atoms with Crippen LogP contribution in [0.25, 0.3) is 0 Å². The first-order valence-corrected chi connectivity index (χ1v) is 6.47. The van der Waals surface area contributed by atoms with Crippen LogP contribution in [-0.4, -0.2) is 11.7 Å². The summed E-state index contributed by atoms with van der Waals surface area (Å²) in [5, 5.41) is 0.784. The third kappa shape index (κ3) is 4.88. The van der Waals surface area contributed by atoms with Crippen molar-refractivity contribution >= 4 is 29.3 Å². The Labute approximate surface area is 105 Å². The summed E-state index contributed by atoms with van der Waals surface area (Å²) in [5.74, 6) is 5.83. The molecule has 1 aromatic carbocycles. The van der Waals surface area contributed by atoms with Gasteiger partial charge in [-0.1, -0.05) is 23.7 Å². The molecule has 3 N–H and O–H groups in total. The van der Waals surface area contributed by atoms with Gasteiger partial charge in [-0.2, -0.15) is 0 Å². The number of unbranched alkanes of at least 4 members (excludes halogenated alkanes) is 1. The molecule has 0 aliphatic heterocycles. The molecular formula is C11H15ClN2OS. The zero-order valence-corrected chi connectivity index (χ0v) is 10.5. The van der Waals surface area contributed by atoms with E-state index in [1.54, 1.807) is 11.8 Å². The van der Waals surface area contributed by atoms with Crippen molar-refractivity contribution in [3.8, 4) is 0 Å².